The summed E-state index contributed by atoms with van der Waals surface area (Å²) in [5.41, 5.74) is 4.49. The lowest BCUT2D eigenvalue weighted by atomic mass is 9.96. The summed E-state index contributed by atoms with van der Waals surface area (Å²) in [5.74, 6) is -0.191. The van der Waals surface area contributed by atoms with Crippen molar-refractivity contribution in [1.82, 2.24) is 19.3 Å². The van der Waals surface area contributed by atoms with Gasteiger partial charge in [-0.05, 0) is 44.0 Å². The van der Waals surface area contributed by atoms with Gasteiger partial charge in [-0.3, -0.25) is 9.32 Å². The number of carbonyl (C=O) groups excluding carboxylic acids is 1. The number of hydrogen-bond donors (Lipinski definition) is 3. The number of ether oxygens (including phenoxy) is 2. The molecule has 0 bridgehead atoms. The molecule has 0 radical (unpaired) electrons. The Morgan fingerprint density at radius 1 is 1.30 bits per heavy atom. The van der Waals surface area contributed by atoms with Crippen LogP contribution in [0.15, 0.2) is 48.8 Å². The number of fused-ring (bicyclic) bond motifs is 1. The summed E-state index contributed by atoms with van der Waals surface area (Å²) in [6.07, 6.45) is -2.46. The molecule has 6 atom stereocenters. The number of nitrogen functional groups attached to an aromatic ring is 1. The second kappa shape index (κ2) is 11.1. The van der Waals surface area contributed by atoms with E-state index in [0.29, 0.717) is 24.1 Å². The largest absolute Gasteiger partial charge is 0.465 e. The highest BCUT2D eigenvalue weighted by molar-refractivity contribution is 7.51. The number of aliphatic hydroxyl groups excluding tert-OH is 2. The lowest BCUT2D eigenvalue weighted by molar-refractivity contribution is -0.147. The van der Waals surface area contributed by atoms with Crippen molar-refractivity contribution in [1.29, 1.82) is 5.26 Å². The second-order valence-electron chi connectivity index (χ2n) is 9.40. The maximum atomic E-state index is 14.4. The maximum Gasteiger partial charge on any atom is 0.462 e. The van der Waals surface area contributed by atoms with Gasteiger partial charge in [0.15, 0.2) is 5.82 Å². The number of nitrogens with zero attached hydrogens (tertiary/aromatic N) is 5. The number of carbonyl (C=O) groups is 1. The van der Waals surface area contributed by atoms with Gasteiger partial charge in [-0.15, -0.1) is 0 Å². The second-order valence-corrected chi connectivity index (χ2v) is 11.3. The molecule has 4 N–H and O–H groups in total. The van der Waals surface area contributed by atoms with Gasteiger partial charge >= 0.3 is 13.7 Å². The van der Waals surface area contributed by atoms with E-state index in [-0.39, 0.29) is 24.7 Å². The fourth-order valence-electron chi connectivity index (χ4n) is 4.94. The number of anilines is 1. The predicted octanol–water partition coefficient (Wildman–Crippen LogP) is 1.60. The zero-order valence-electron chi connectivity index (χ0n) is 21.6. The van der Waals surface area contributed by atoms with E-state index in [1.54, 1.807) is 49.4 Å². The van der Waals surface area contributed by atoms with E-state index in [9.17, 15) is 24.8 Å². The standard InChI is InChI=1S/C25H29N6O8P/c1-2-36-24(34)19-9-6-12-30(19)40(35,39-16-7-4-3-5-8-16)37-14-25(13-26)22(33)20(32)21(38-25)17-10-11-18-23(27)28-15-29-31(17)18/h3-5,7-8,10-11,15,19-22,32-33H,2,6,9,12,14H2,1H3,(H2,27,28,29)/t19-,20-,21-,22-,25+,40?/m0/s1. The summed E-state index contributed by atoms with van der Waals surface area (Å²) in [6.45, 7) is 1.24. The van der Waals surface area contributed by atoms with Crippen molar-refractivity contribution in [3.05, 3.63) is 54.5 Å². The lowest BCUT2D eigenvalue weighted by Gasteiger charge is -2.32. The number of hydrogen-bond acceptors (Lipinski definition) is 12. The number of esters is 1. The van der Waals surface area contributed by atoms with Crippen molar-refractivity contribution >= 4 is 25.1 Å². The summed E-state index contributed by atoms with van der Waals surface area (Å²) < 4.78 is 39.8. The molecule has 40 heavy (non-hydrogen) atoms. The zero-order chi connectivity index (χ0) is 28.5. The Bertz CT molecular complexity index is 1460. The van der Waals surface area contributed by atoms with Gasteiger partial charge in [0.25, 0.3) is 0 Å². The SMILES string of the molecule is CCOC(=O)[C@@H]1CCCN1P(=O)(OC[C@@]1(C#N)O[C@@H](c2ccc3c(N)ncnn23)[C@H](O)[C@@H]1O)Oc1ccccc1. The highest BCUT2D eigenvalue weighted by Crippen LogP contribution is 2.56. The third kappa shape index (κ3) is 4.92. The van der Waals surface area contributed by atoms with Crippen molar-refractivity contribution in [2.45, 2.75) is 49.7 Å². The molecule has 14 nitrogen and oxygen atoms in total. The van der Waals surface area contributed by atoms with Gasteiger partial charge in [-0.2, -0.15) is 15.0 Å². The quantitative estimate of drug-likeness (QED) is 0.247. The highest BCUT2D eigenvalue weighted by Gasteiger charge is 2.58. The molecule has 2 aliphatic rings. The average Bonchev–Trinajstić information content (AvgIpc) is 3.67. The molecule has 2 saturated heterocycles. The van der Waals surface area contributed by atoms with Crippen LogP contribution in [0.25, 0.3) is 5.52 Å². The van der Waals surface area contributed by atoms with Gasteiger partial charge in [0.05, 0.1) is 12.3 Å². The number of aliphatic hydroxyl groups is 2. The van der Waals surface area contributed by atoms with Crippen LogP contribution in [0.1, 0.15) is 31.6 Å². The van der Waals surface area contributed by atoms with Crippen LogP contribution in [0.3, 0.4) is 0 Å². The summed E-state index contributed by atoms with van der Waals surface area (Å²) in [7, 11) is -4.34. The van der Waals surface area contributed by atoms with Crippen LogP contribution in [-0.4, -0.2) is 79.1 Å². The topological polar surface area (TPSA) is 195 Å². The molecule has 0 aliphatic carbocycles. The van der Waals surface area contributed by atoms with Crippen LogP contribution in [0.4, 0.5) is 5.82 Å². The van der Waals surface area contributed by atoms with Crippen molar-refractivity contribution in [3.8, 4) is 11.8 Å². The van der Waals surface area contributed by atoms with Crippen molar-refractivity contribution in [2.24, 2.45) is 0 Å². The van der Waals surface area contributed by atoms with Crippen molar-refractivity contribution in [3.63, 3.8) is 0 Å². The Balaban J connectivity index is 1.44. The van der Waals surface area contributed by atoms with Crippen LogP contribution in [0.5, 0.6) is 5.75 Å². The van der Waals surface area contributed by atoms with Crippen LogP contribution < -0.4 is 10.3 Å². The minimum atomic E-state index is -4.34. The Kier molecular flexibility index (Phi) is 7.78. The normalized spacial score (nSPS) is 28.2. The lowest BCUT2D eigenvalue weighted by Crippen LogP contribution is -2.46. The molecule has 0 spiro atoms. The summed E-state index contributed by atoms with van der Waals surface area (Å²) in [4.78, 5) is 16.6. The summed E-state index contributed by atoms with van der Waals surface area (Å²) in [6, 6.07) is 12.4. The van der Waals surface area contributed by atoms with Crippen molar-refractivity contribution in [2.75, 3.05) is 25.5 Å². The molecule has 2 aliphatic heterocycles. The van der Waals surface area contributed by atoms with E-state index < -0.39 is 50.3 Å². The first-order valence-electron chi connectivity index (χ1n) is 12.7. The molecule has 212 valence electrons. The van der Waals surface area contributed by atoms with E-state index in [1.165, 1.54) is 15.5 Å². The number of aromatic nitrogens is 3. The van der Waals surface area contributed by atoms with Crippen LogP contribution in [-0.2, 0) is 23.4 Å². The van der Waals surface area contributed by atoms with Crippen LogP contribution in [0, 0.1) is 11.3 Å². The van der Waals surface area contributed by atoms with Crippen LogP contribution >= 0.6 is 7.75 Å². The molecule has 1 unspecified atom stereocenters. The molecular weight excluding hydrogens is 543 g/mol. The molecule has 3 aromatic rings. The molecule has 2 fully saturated rings. The predicted molar refractivity (Wildman–Crippen MR) is 139 cm³/mol. The molecule has 2 aromatic heterocycles. The molecule has 5 rings (SSSR count). The smallest absolute Gasteiger partial charge is 0.462 e. The minimum absolute atomic E-state index is 0.135. The van der Waals surface area contributed by atoms with Gasteiger partial charge in [0.2, 0.25) is 5.60 Å². The first kappa shape index (κ1) is 28.0. The molecule has 0 saturated carbocycles. The Morgan fingerprint density at radius 3 is 2.80 bits per heavy atom. The van der Waals surface area contributed by atoms with Gasteiger partial charge in [-0.1, -0.05) is 18.2 Å². The zero-order valence-corrected chi connectivity index (χ0v) is 22.5. The molecule has 1 aromatic carbocycles. The fraction of sp³-hybridized carbons (Fsp3) is 0.440. The molecular formula is C25H29N6O8P. The van der Waals surface area contributed by atoms with E-state index in [2.05, 4.69) is 10.1 Å². The number of benzene rings is 1. The number of nitrogens with two attached hydrogens (primary N) is 1. The summed E-state index contributed by atoms with van der Waals surface area (Å²) >= 11 is 0. The average molecular weight is 573 g/mol. The van der Waals surface area contributed by atoms with Crippen LogP contribution in [0.2, 0.25) is 0 Å². The van der Waals surface area contributed by atoms with Crippen molar-refractivity contribution < 1.29 is 38.1 Å². The Labute approximate surface area is 229 Å². The first-order valence-corrected chi connectivity index (χ1v) is 14.2. The first-order chi connectivity index (χ1) is 19.2. The molecule has 15 heteroatoms. The third-order valence-corrected chi connectivity index (χ3v) is 8.95. The van der Waals surface area contributed by atoms with Gasteiger partial charge in [0, 0.05) is 6.54 Å². The summed E-state index contributed by atoms with van der Waals surface area (Å²) in [5, 5.41) is 36.2. The number of nitriles is 1. The van der Waals surface area contributed by atoms with Gasteiger partial charge < -0.3 is 29.9 Å². The van der Waals surface area contributed by atoms with Gasteiger partial charge in [-0.25, -0.2) is 14.1 Å². The minimum Gasteiger partial charge on any atom is -0.465 e. The van der Waals surface area contributed by atoms with E-state index in [1.807, 2.05) is 6.07 Å². The molecule has 0 amide bonds. The number of rotatable bonds is 9. The third-order valence-electron chi connectivity index (χ3n) is 6.94. The number of para-hydroxylation sites is 1. The van der Waals surface area contributed by atoms with Gasteiger partial charge in [0.1, 0.15) is 54.6 Å². The highest BCUT2D eigenvalue weighted by atomic mass is 31.2. The monoisotopic (exact) mass is 572 g/mol. The van der Waals surface area contributed by atoms with E-state index in [4.69, 9.17) is 24.3 Å². The fourth-order valence-corrected chi connectivity index (χ4v) is 6.93. The van der Waals surface area contributed by atoms with E-state index in [0.717, 1.165) is 0 Å². The van der Waals surface area contributed by atoms with E-state index >= 15 is 0 Å². The Hall–Kier alpha value is -3.57. The Morgan fingerprint density at radius 2 is 2.08 bits per heavy atom. The molecule has 4 heterocycles. The maximum absolute atomic E-state index is 14.4.